The molecular formula is C19H16FN5OS. The van der Waals surface area contributed by atoms with E-state index >= 15 is 0 Å². The van der Waals surface area contributed by atoms with Crippen LogP contribution >= 0.6 is 11.8 Å². The summed E-state index contributed by atoms with van der Waals surface area (Å²) in [6.45, 7) is 3.81. The van der Waals surface area contributed by atoms with E-state index in [-0.39, 0.29) is 17.4 Å². The van der Waals surface area contributed by atoms with Crippen LogP contribution in [0.15, 0.2) is 47.9 Å². The molecule has 3 heterocycles. The topological polar surface area (TPSA) is 76.5 Å². The SMILES string of the molecule is Cc1cc(C(=O)CSc2ncnc3c2cnn3-c2ccc(F)cc2)c(C)[nH]1. The van der Waals surface area contributed by atoms with Crippen LogP contribution in [0.2, 0.25) is 0 Å². The Morgan fingerprint density at radius 3 is 2.70 bits per heavy atom. The molecule has 136 valence electrons. The van der Waals surface area contributed by atoms with Crippen LogP contribution in [0.4, 0.5) is 4.39 Å². The summed E-state index contributed by atoms with van der Waals surface area (Å²) in [5.74, 6) is 0.000761. The Balaban J connectivity index is 1.60. The number of H-pyrrole nitrogens is 1. The Morgan fingerprint density at radius 2 is 2.00 bits per heavy atom. The van der Waals surface area contributed by atoms with E-state index in [2.05, 4.69) is 20.1 Å². The fourth-order valence-corrected chi connectivity index (χ4v) is 3.78. The molecule has 0 aliphatic rings. The predicted molar refractivity (Wildman–Crippen MR) is 102 cm³/mol. The molecule has 1 aromatic carbocycles. The molecule has 6 nitrogen and oxygen atoms in total. The van der Waals surface area contributed by atoms with E-state index < -0.39 is 0 Å². The summed E-state index contributed by atoms with van der Waals surface area (Å²) < 4.78 is 14.8. The van der Waals surface area contributed by atoms with Crippen LogP contribution in [-0.4, -0.2) is 36.3 Å². The van der Waals surface area contributed by atoms with Gasteiger partial charge in [-0.3, -0.25) is 4.79 Å². The highest BCUT2D eigenvalue weighted by atomic mass is 32.2. The Morgan fingerprint density at radius 1 is 1.22 bits per heavy atom. The molecule has 0 aliphatic heterocycles. The van der Waals surface area contributed by atoms with Gasteiger partial charge < -0.3 is 4.98 Å². The van der Waals surface area contributed by atoms with Crippen molar-refractivity contribution in [2.75, 3.05) is 5.75 Å². The molecule has 3 aromatic heterocycles. The summed E-state index contributed by atoms with van der Waals surface area (Å²) in [5.41, 5.74) is 3.85. The number of Topliss-reactive ketones (excluding diaryl/α,β-unsaturated/α-hetero) is 1. The van der Waals surface area contributed by atoms with Gasteiger partial charge in [-0.15, -0.1) is 0 Å². The normalized spacial score (nSPS) is 11.2. The number of halogens is 1. The van der Waals surface area contributed by atoms with Gasteiger partial charge in [0.05, 0.1) is 23.0 Å². The number of ketones is 1. The Labute approximate surface area is 158 Å². The van der Waals surface area contributed by atoms with Gasteiger partial charge in [-0.1, -0.05) is 11.8 Å². The number of benzene rings is 1. The highest BCUT2D eigenvalue weighted by molar-refractivity contribution is 8.00. The van der Waals surface area contributed by atoms with Crippen molar-refractivity contribution in [2.45, 2.75) is 18.9 Å². The monoisotopic (exact) mass is 381 g/mol. The van der Waals surface area contributed by atoms with E-state index in [0.717, 1.165) is 16.8 Å². The molecule has 0 atom stereocenters. The van der Waals surface area contributed by atoms with Crippen LogP contribution in [0.1, 0.15) is 21.7 Å². The summed E-state index contributed by atoms with van der Waals surface area (Å²) in [7, 11) is 0. The number of nitrogens with one attached hydrogen (secondary N) is 1. The van der Waals surface area contributed by atoms with E-state index in [1.54, 1.807) is 23.0 Å². The molecule has 0 bridgehead atoms. The molecule has 27 heavy (non-hydrogen) atoms. The lowest BCUT2D eigenvalue weighted by Gasteiger charge is -2.04. The van der Waals surface area contributed by atoms with Crippen molar-refractivity contribution in [1.29, 1.82) is 0 Å². The number of rotatable bonds is 5. The molecule has 0 unspecified atom stereocenters. The number of hydrogen-bond acceptors (Lipinski definition) is 5. The molecule has 0 spiro atoms. The summed E-state index contributed by atoms with van der Waals surface area (Å²) in [6.07, 6.45) is 3.11. The first kappa shape index (κ1) is 17.4. The Hall–Kier alpha value is -3.00. The molecular weight excluding hydrogens is 365 g/mol. The first-order chi connectivity index (χ1) is 13.0. The van der Waals surface area contributed by atoms with Crippen LogP contribution in [0.5, 0.6) is 0 Å². The lowest BCUT2D eigenvalue weighted by Crippen LogP contribution is -2.03. The van der Waals surface area contributed by atoms with Gasteiger partial charge in [0.25, 0.3) is 0 Å². The van der Waals surface area contributed by atoms with E-state index in [4.69, 9.17) is 0 Å². The Bertz CT molecular complexity index is 1130. The summed E-state index contributed by atoms with van der Waals surface area (Å²) in [5, 5.41) is 5.79. The van der Waals surface area contributed by atoms with Crippen LogP contribution in [0.25, 0.3) is 16.7 Å². The van der Waals surface area contributed by atoms with E-state index in [1.165, 1.54) is 30.2 Å². The molecule has 4 aromatic rings. The van der Waals surface area contributed by atoms with Crippen molar-refractivity contribution in [3.05, 3.63) is 65.6 Å². The number of carbonyl (C=O) groups is 1. The van der Waals surface area contributed by atoms with E-state index in [0.29, 0.717) is 21.9 Å². The van der Waals surface area contributed by atoms with Gasteiger partial charge in [-0.25, -0.2) is 19.0 Å². The average molecular weight is 381 g/mol. The summed E-state index contributed by atoms with van der Waals surface area (Å²) in [6, 6.07) is 7.88. The standard InChI is InChI=1S/C19H16FN5OS/c1-11-7-15(12(2)24-11)17(26)9-27-19-16-8-23-25(18(16)21-10-22-19)14-5-3-13(20)4-6-14/h3-8,10,24H,9H2,1-2H3. The maximum absolute atomic E-state index is 13.2. The molecule has 4 rings (SSSR count). The Kier molecular flexibility index (Phi) is 4.49. The predicted octanol–water partition coefficient (Wildman–Crippen LogP) is 3.87. The second kappa shape index (κ2) is 6.96. The third-order valence-corrected chi connectivity index (χ3v) is 5.20. The van der Waals surface area contributed by atoms with E-state index in [1.807, 2.05) is 19.9 Å². The number of thioether (sulfide) groups is 1. The van der Waals surface area contributed by atoms with Gasteiger partial charge in [-0.2, -0.15) is 5.10 Å². The van der Waals surface area contributed by atoms with Gasteiger partial charge in [0.2, 0.25) is 0 Å². The fraction of sp³-hybridized carbons (Fsp3) is 0.158. The minimum Gasteiger partial charge on any atom is -0.362 e. The van der Waals surface area contributed by atoms with Crippen molar-refractivity contribution in [1.82, 2.24) is 24.7 Å². The smallest absolute Gasteiger partial charge is 0.174 e. The third kappa shape index (κ3) is 3.35. The lowest BCUT2D eigenvalue weighted by atomic mass is 10.2. The third-order valence-electron chi connectivity index (χ3n) is 4.19. The molecule has 1 N–H and O–H groups in total. The molecule has 0 fully saturated rings. The van der Waals surface area contributed by atoms with Crippen molar-refractivity contribution < 1.29 is 9.18 Å². The lowest BCUT2D eigenvalue weighted by molar-refractivity contribution is 0.102. The van der Waals surface area contributed by atoms with Gasteiger partial charge >= 0.3 is 0 Å². The van der Waals surface area contributed by atoms with Gasteiger partial charge in [0.15, 0.2) is 11.4 Å². The van der Waals surface area contributed by atoms with Crippen LogP contribution in [0.3, 0.4) is 0 Å². The molecule has 0 aliphatic carbocycles. The van der Waals surface area contributed by atoms with Crippen molar-refractivity contribution >= 4 is 28.6 Å². The van der Waals surface area contributed by atoms with E-state index in [9.17, 15) is 9.18 Å². The number of carbonyl (C=O) groups excluding carboxylic acids is 1. The zero-order valence-corrected chi connectivity index (χ0v) is 15.5. The number of fused-ring (bicyclic) bond motifs is 1. The fourth-order valence-electron chi connectivity index (χ4n) is 2.93. The second-order valence-electron chi connectivity index (χ2n) is 6.15. The highest BCUT2D eigenvalue weighted by Gasteiger charge is 2.16. The molecule has 0 saturated carbocycles. The quantitative estimate of drug-likeness (QED) is 0.323. The summed E-state index contributed by atoms with van der Waals surface area (Å²) >= 11 is 1.35. The number of aromatic amines is 1. The molecule has 0 radical (unpaired) electrons. The number of nitrogens with zero attached hydrogens (tertiary/aromatic N) is 4. The maximum atomic E-state index is 13.2. The number of aryl methyl sites for hydroxylation is 2. The van der Waals surface area contributed by atoms with Gasteiger partial charge in [0.1, 0.15) is 17.2 Å². The average Bonchev–Trinajstić information content (AvgIpc) is 3.23. The first-order valence-electron chi connectivity index (χ1n) is 8.30. The van der Waals surface area contributed by atoms with Gasteiger partial charge in [-0.05, 0) is 44.2 Å². The van der Waals surface area contributed by atoms with Crippen molar-refractivity contribution in [3.8, 4) is 5.69 Å². The van der Waals surface area contributed by atoms with Crippen LogP contribution < -0.4 is 0 Å². The van der Waals surface area contributed by atoms with Crippen molar-refractivity contribution in [3.63, 3.8) is 0 Å². The zero-order chi connectivity index (χ0) is 19.0. The largest absolute Gasteiger partial charge is 0.362 e. The van der Waals surface area contributed by atoms with Gasteiger partial charge in [0, 0.05) is 17.0 Å². The summed E-state index contributed by atoms with van der Waals surface area (Å²) in [4.78, 5) is 24.2. The minimum absolute atomic E-state index is 0.0412. The molecule has 0 saturated heterocycles. The number of hydrogen-bond donors (Lipinski definition) is 1. The molecule has 0 amide bonds. The van der Waals surface area contributed by atoms with Crippen LogP contribution in [0, 0.1) is 19.7 Å². The minimum atomic E-state index is -0.310. The van der Waals surface area contributed by atoms with Crippen LogP contribution in [-0.2, 0) is 0 Å². The maximum Gasteiger partial charge on any atom is 0.174 e. The highest BCUT2D eigenvalue weighted by Crippen LogP contribution is 2.27. The zero-order valence-electron chi connectivity index (χ0n) is 14.7. The van der Waals surface area contributed by atoms with Crippen molar-refractivity contribution in [2.24, 2.45) is 0 Å². The molecule has 8 heteroatoms. The number of aromatic nitrogens is 5. The first-order valence-corrected chi connectivity index (χ1v) is 9.28. The second-order valence-corrected chi connectivity index (χ2v) is 7.12.